The fraction of sp³-hybridized carbons (Fsp3) is 0.333. The smallest absolute Gasteiger partial charge is 0.00638 e. The molecule has 0 aliphatic rings. The summed E-state index contributed by atoms with van der Waals surface area (Å²) in [4.78, 5) is 0. The van der Waals surface area contributed by atoms with Crippen LogP contribution < -0.4 is 0 Å². The Bertz CT molecular complexity index is 497. The topological polar surface area (TPSA) is 0 Å². The standard InChI is InChI=1S/C18H22/c1-4-15-12-9-13-18(17(15)5-2)14(3)16-10-7-6-8-11-16/h6-14H,4-5H2,1-3H3. The molecule has 0 radical (unpaired) electrons. The van der Waals surface area contributed by atoms with Crippen molar-refractivity contribution in [2.75, 3.05) is 0 Å². The van der Waals surface area contributed by atoms with Crippen LogP contribution in [0.2, 0.25) is 0 Å². The molecular weight excluding hydrogens is 216 g/mol. The zero-order valence-electron chi connectivity index (χ0n) is 11.6. The second-order valence-corrected chi connectivity index (χ2v) is 4.82. The molecule has 0 aliphatic carbocycles. The number of hydrogen-bond donors (Lipinski definition) is 0. The third kappa shape index (κ3) is 2.48. The minimum atomic E-state index is 0.479. The van der Waals surface area contributed by atoms with Crippen LogP contribution in [-0.4, -0.2) is 0 Å². The van der Waals surface area contributed by atoms with Gasteiger partial charge in [-0.25, -0.2) is 0 Å². The third-order valence-corrected chi connectivity index (χ3v) is 3.81. The highest BCUT2D eigenvalue weighted by molar-refractivity contribution is 5.41. The van der Waals surface area contributed by atoms with E-state index in [9.17, 15) is 0 Å². The second-order valence-electron chi connectivity index (χ2n) is 4.82. The molecule has 0 N–H and O–H groups in total. The molecule has 0 bridgehead atoms. The Labute approximate surface area is 111 Å². The highest BCUT2D eigenvalue weighted by Crippen LogP contribution is 2.29. The van der Waals surface area contributed by atoms with Gasteiger partial charge in [0.25, 0.3) is 0 Å². The average Bonchev–Trinajstić information content (AvgIpc) is 2.46. The van der Waals surface area contributed by atoms with Gasteiger partial charge in [0, 0.05) is 5.92 Å². The monoisotopic (exact) mass is 238 g/mol. The minimum absolute atomic E-state index is 0.479. The Balaban J connectivity index is 2.45. The maximum Gasteiger partial charge on any atom is 0.00638 e. The molecule has 0 spiro atoms. The van der Waals surface area contributed by atoms with Crippen LogP contribution in [0.5, 0.6) is 0 Å². The largest absolute Gasteiger partial charge is 0.0622 e. The molecule has 18 heavy (non-hydrogen) atoms. The van der Waals surface area contributed by atoms with E-state index in [4.69, 9.17) is 0 Å². The highest BCUT2D eigenvalue weighted by atomic mass is 14.2. The van der Waals surface area contributed by atoms with Gasteiger partial charge in [-0.2, -0.15) is 0 Å². The van der Waals surface area contributed by atoms with Gasteiger partial charge in [0.05, 0.1) is 0 Å². The summed E-state index contributed by atoms with van der Waals surface area (Å²) in [5.41, 5.74) is 5.93. The van der Waals surface area contributed by atoms with Gasteiger partial charge < -0.3 is 0 Å². The van der Waals surface area contributed by atoms with E-state index in [0.29, 0.717) is 5.92 Å². The fourth-order valence-electron chi connectivity index (χ4n) is 2.74. The Morgan fingerprint density at radius 1 is 0.833 bits per heavy atom. The Kier molecular flexibility index (Phi) is 4.19. The third-order valence-electron chi connectivity index (χ3n) is 3.81. The summed E-state index contributed by atoms with van der Waals surface area (Å²) >= 11 is 0. The van der Waals surface area contributed by atoms with Gasteiger partial charge in [-0.1, -0.05) is 69.3 Å². The summed E-state index contributed by atoms with van der Waals surface area (Å²) in [6, 6.07) is 17.5. The lowest BCUT2D eigenvalue weighted by Gasteiger charge is -2.19. The van der Waals surface area contributed by atoms with E-state index in [-0.39, 0.29) is 0 Å². The molecule has 0 nitrogen and oxygen atoms in total. The maximum absolute atomic E-state index is 2.31. The van der Waals surface area contributed by atoms with E-state index in [1.807, 2.05) is 0 Å². The maximum atomic E-state index is 2.31. The van der Waals surface area contributed by atoms with Crippen molar-refractivity contribution in [3.8, 4) is 0 Å². The van der Waals surface area contributed by atoms with Crippen molar-refractivity contribution in [1.29, 1.82) is 0 Å². The van der Waals surface area contributed by atoms with Crippen LogP contribution in [0.4, 0.5) is 0 Å². The van der Waals surface area contributed by atoms with Crippen molar-refractivity contribution in [3.05, 3.63) is 70.8 Å². The quantitative estimate of drug-likeness (QED) is 0.706. The lowest BCUT2D eigenvalue weighted by atomic mass is 9.86. The summed E-state index contributed by atoms with van der Waals surface area (Å²) in [5.74, 6) is 0.479. The second kappa shape index (κ2) is 5.86. The van der Waals surface area contributed by atoms with Crippen molar-refractivity contribution in [1.82, 2.24) is 0 Å². The van der Waals surface area contributed by atoms with E-state index in [2.05, 4.69) is 69.3 Å². The molecule has 0 fully saturated rings. The summed E-state index contributed by atoms with van der Waals surface area (Å²) in [6.45, 7) is 6.81. The first-order valence-corrected chi connectivity index (χ1v) is 6.93. The van der Waals surface area contributed by atoms with Gasteiger partial charge in [-0.3, -0.25) is 0 Å². The van der Waals surface area contributed by atoms with Gasteiger partial charge in [0.1, 0.15) is 0 Å². The fourth-order valence-corrected chi connectivity index (χ4v) is 2.74. The van der Waals surface area contributed by atoms with Crippen molar-refractivity contribution in [2.45, 2.75) is 39.5 Å². The summed E-state index contributed by atoms with van der Waals surface area (Å²) in [5, 5.41) is 0. The van der Waals surface area contributed by atoms with Crippen molar-refractivity contribution in [2.24, 2.45) is 0 Å². The number of benzene rings is 2. The summed E-state index contributed by atoms with van der Waals surface area (Å²) in [7, 11) is 0. The first-order valence-electron chi connectivity index (χ1n) is 6.93. The molecule has 1 atom stereocenters. The molecule has 0 heterocycles. The predicted molar refractivity (Wildman–Crippen MR) is 79.2 cm³/mol. The van der Waals surface area contributed by atoms with E-state index >= 15 is 0 Å². The Hall–Kier alpha value is -1.56. The van der Waals surface area contributed by atoms with Crippen LogP contribution in [0.15, 0.2) is 48.5 Å². The van der Waals surface area contributed by atoms with E-state index in [1.54, 1.807) is 0 Å². The summed E-state index contributed by atoms with van der Waals surface area (Å²) < 4.78 is 0. The molecule has 0 heteroatoms. The van der Waals surface area contributed by atoms with Gasteiger partial charge in [-0.15, -0.1) is 0 Å². The first-order chi connectivity index (χ1) is 8.77. The molecule has 0 saturated carbocycles. The van der Waals surface area contributed by atoms with Crippen LogP contribution >= 0.6 is 0 Å². The highest BCUT2D eigenvalue weighted by Gasteiger charge is 2.13. The van der Waals surface area contributed by atoms with Gasteiger partial charge in [-0.05, 0) is 35.1 Å². The molecule has 0 aromatic heterocycles. The molecule has 0 amide bonds. The van der Waals surface area contributed by atoms with Crippen molar-refractivity contribution in [3.63, 3.8) is 0 Å². The van der Waals surface area contributed by atoms with Crippen LogP contribution in [0, 0.1) is 0 Å². The summed E-state index contributed by atoms with van der Waals surface area (Å²) in [6.07, 6.45) is 2.25. The minimum Gasteiger partial charge on any atom is -0.0622 e. The van der Waals surface area contributed by atoms with Crippen LogP contribution in [0.25, 0.3) is 0 Å². The first kappa shape index (κ1) is 12.9. The molecule has 2 aromatic rings. The van der Waals surface area contributed by atoms with Crippen molar-refractivity contribution >= 4 is 0 Å². The van der Waals surface area contributed by atoms with Crippen molar-refractivity contribution < 1.29 is 0 Å². The Morgan fingerprint density at radius 3 is 2.17 bits per heavy atom. The predicted octanol–water partition coefficient (Wildman–Crippen LogP) is 4.96. The molecular formula is C18H22. The molecule has 2 rings (SSSR count). The molecule has 0 saturated heterocycles. The Morgan fingerprint density at radius 2 is 1.56 bits per heavy atom. The average molecular weight is 238 g/mol. The number of rotatable bonds is 4. The molecule has 94 valence electrons. The number of aryl methyl sites for hydroxylation is 1. The lowest BCUT2D eigenvalue weighted by molar-refractivity contribution is 0.879. The van der Waals surface area contributed by atoms with Gasteiger partial charge >= 0.3 is 0 Å². The normalized spacial score (nSPS) is 12.4. The van der Waals surface area contributed by atoms with Crippen LogP contribution in [0.3, 0.4) is 0 Å². The molecule has 1 unspecified atom stereocenters. The zero-order chi connectivity index (χ0) is 13.0. The van der Waals surface area contributed by atoms with Crippen LogP contribution in [-0.2, 0) is 12.8 Å². The van der Waals surface area contributed by atoms with E-state index in [0.717, 1.165) is 12.8 Å². The zero-order valence-corrected chi connectivity index (χ0v) is 11.6. The van der Waals surface area contributed by atoms with E-state index in [1.165, 1.54) is 22.3 Å². The SMILES string of the molecule is CCc1cccc(C(C)c2ccccc2)c1CC. The van der Waals surface area contributed by atoms with Gasteiger partial charge in [0.15, 0.2) is 0 Å². The number of hydrogen-bond acceptors (Lipinski definition) is 0. The van der Waals surface area contributed by atoms with Crippen LogP contribution in [0.1, 0.15) is 48.9 Å². The molecule has 0 aliphatic heterocycles. The van der Waals surface area contributed by atoms with E-state index < -0.39 is 0 Å². The lowest BCUT2D eigenvalue weighted by Crippen LogP contribution is -2.03. The molecule has 2 aromatic carbocycles. The van der Waals surface area contributed by atoms with Gasteiger partial charge in [0.2, 0.25) is 0 Å².